The van der Waals surface area contributed by atoms with Crippen LogP contribution in [-0.4, -0.2) is 45.4 Å². The fourth-order valence-electron chi connectivity index (χ4n) is 2.90. The molecule has 0 N–H and O–H groups in total. The minimum absolute atomic E-state index is 0. The van der Waals surface area contributed by atoms with Gasteiger partial charge in [0.05, 0.1) is 34.0 Å². The number of hydrogen-bond acceptors (Lipinski definition) is 4. The van der Waals surface area contributed by atoms with Gasteiger partial charge in [-0.1, -0.05) is 0 Å². The Balaban J connectivity index is 0.00000169. The van der Waals surface area contributed by atoms with Crippen molar-refractivity contribution < 1.29 is 28.7 Å². The third-order valence-electron chi connectivity index (χ3n) is 4.24. The molecule has 0 unspecified atom stereocenters. The van der Waals surface area contributed by atoms with Gasteiger partial charge in [0.15, 0.2) is 0 Å². The Morgan fingerprint density at radius 1 is 1.08 bits per heavy atom. The van der Waals surface area contributed by atoms with E-state index in [2.05, 4.69) is 60.0 Å². The van der Waals surface area contributed by atoms with Crippen molar-refractivity contribution in [2.45, 2.75) is 0 Å². The molecule has 0 radical (unpaired) electrons. The summed E-state index contributed by atoms with van der Waals surface area (Å²) in [5.74, 6) is 0. The zero-order valence-electron chi connectivity index (χ0n) is 13.8. The van der Waals surface area contributed by atoms with Gasteiger partial charge in [-0.25, -0.2) is 9.56 Å². The van der Waals surface area contributed by atoms with Crippen molar-refractivity contribution in [1.29, 1.82) is 0 Å². The average molecular weight is 453 g/mol. The summed E-state index contributed by atoms with van der Waals surface area (Å²) in [7, 11) is 4.13. The van der Waals surface area contributed by atoms with E-state index in [1.165, 1.54) is 20.6 Å². The molecule has 1 aromatic carbocycles. The predicted molar refractivity (Wildman–Crippen MR) is 96.4 cm³/mol. The van der Waals surface area contributed by atoms with Gasteiger partial charge in [-0.05, 0) is 24.3 Å². The zero-order chi connectivity index (χ0) is 15.8. The summed E-state index contributed by atoms with van der Waals surface area (Å²) in [5.41, 5.74) is 3.39. The van der Waals surface area contributed by atoms with Crippen LogP contribution < -0.4 is 38.8 Å². The number of ether oxygens (including phenoxy) is 1. The number of fused-ring (bicyclic) bond motifs is 2. The summed E-state index contributed by atoms with van der Waals surface area (Å²) in [5, 5.41) is 1.21. The van der Waals surface area contributed by atoms with E-state index in [-0.39, 0.29) is 24.0 Å². The largest absolute Gasteiger partial charge is 1.00 e. The Bertz CT molecular complexity index is 898. The monoisotopic (exact) mass is 453 g/mol. The summed E-state index contributed by atoms with van der Waals surface area (Å²) >= 11 is 1.81. The molecular weight excluding hydrogens is 433 g/mol. The van der Waals surface area contributed by atoms with Crippen molar-refractivity contribution in [3.05, 3.63) is 41.8 Å². The SMILES string of the molecule is C[N+](C)=c1ccc2nc3ccc(N4CCOCC4)cc3sc-2c1.[I-]. The molecule has 0 spiro atoms. The van der Waals surface area contributed by atoms with Crippen molar-refractivity contribution >= 4 is 27.2 Å². The molecule has 2 aliphatic heterocycles. The zero-order valence-corrected chi connectivity index (χ0v) is 16.8. The molecule has 1 aliphatic carbocycles. The van der Waals surface area contributed by atoms with E-state index >= 15 is 0 Å². The summed E-state index contributed by atoms with van der Waals surface area (Å²) in [6.45, 7) is 3.54. The molecule has 126 valence electrons. The molecule has 0 saturated carbocycles. The minimum Gasteiger partial charge on any atom is -1.00 e. The molecule has 0 aromatic heterocycles. The second-order valence-corrected chi connectivity index (χ2v) is 7.10. The number of nitrogens with zero attached hydrogens (tertiary/aromatic N) is 3. The highest BCUT2D eigenvalue weighted by molar-refractivity contribution is 7.21. The lowest BCUT2D eigenvalue weighted by atomic mass is 10.2. The molecule has 4 rings (SSSR count). The van der Waals surface area contributed by atoms with Gasteiger partial charge in [0.1, 0.15) is 14.1 Å². The number of benzene rings is 2. The molecule has 0 amide bonds. The number of hydrogen-bond donors (Lipinski definition) is 0. The third kappa shape index (κ3) is 3.41. The van der Waals surface area contributed by atoms with Gasteiger partial charge in [0, 0.05) is 30.9 Å². The Labute approximate surface area is 162 Å². The quantitative estimate of drug-likeness (QED) is 0.277. The number of anilines is 1. The molecule has 6 heteroatoms. The lowest BCUT2D eigenvalue weighted by Crippen LogP contribution is -3.00. The number of morpholine rings is 1. The molecule has 2 heterocycles. The molecule has 24 heavy (non-hydrogen) atoms. The van der Waals surface area contributed by atoms with Gasteiger partial charge < -0.3 is 33.6 Å². The Hall–Kier alpha value is -1.25. The van der Waals surface area contributed by atoms with Crippen molar-refractivity contribution in [3.63, 3.8) is 0 Å². The lowest BCUT2D eigenvalue weighted by molar-refractivity contribution is -0.00000536. The first kappa shape index (κ1) is 17.6. The fraction of sp³-hybridized carbons (Fsp3) is 0.333. The van der Waals surface area contributed by atoms with Gasteiger partial charge in [-0.15, -0.1) is 11.3 Å². The molecule has 0 bridgehead atoms. The van der Waals surface area contributed by atoms with Crippen molar-refractivity contribution in [3.8, 4) is 10.6 Å². The van der Waals surface area contributed by atoms with Gasteiger partial charge >= 0.3 is 0 Å². The maximum absolute atomic E-state index is 5.45. The van der Waals surface area contributed by atoms with Crippen LogP contribution in [0.1, 0.15) is 0 Å². The van der Waals surface area contributed by atoms with E-state index in [9.17, 15) is 0 Å². The molecular formula is C18H20IN3OS. The van der Waals surface area contributed by atoms with Gasteiger partial charge in [0.2, 0.25) is 5.36 Å². The van der Waals surface area contributed by atoms with Gasteiger partial charge in [-0.3, -0.25) is 0 Å². The van der Waals surface area contributed by atoms with Crippen molar-refractivity contribution in [1.82, 2.24) is 9.56 Å². The Kier molecular flexibility index (Phi) is 5.36. The van der Waals surface area contributed by atoms with E-state index in [1.807, 2.05) is 11.3 Å². The maximum atomic E-state index is 5.45. The summed E-state index contributed by atoms with van der Waals surface area (Å²) in [6, 6.07) is 13.0. The molecule has 1 aromatic rings. The molecule has 3 aliphatic rings. The Morgan fingerprint density at radius 3 is 2.62 bits per heavy atom. The van der Waals surface area contributed by atoms with Crippen molar-refractivity contribution in [2.75, 3.05) is 45.3 Å². The summed E-state index contributed by atoms with van der Waals surface area (Å²) < 4.78 is 8.81. The Morgan fingerprint density at radius 2 is 1.88 bits per heavy atom. The number of halogens is 1. The van der Waals surface area contributed by atoms with Crippen LogP contribution in [0.5, 0.6) is 0 Å². The molecule has 1 fully saturated rings. The highest BCUT2D eigenvalue weighted by Gasteiger charge is 2.13. The molecule has 4 nitrogen and oxygen atoms in total. The number of aromatic nitrogens is 1. The first-order chi connectivity index (χ1) is 11.2. The van der Waals surface area contributed by atoms with Crippen molar-refractivity contribution in [2.24, 2.45) is 0 Å². The second-order valence-electron chi connectivity index (χ2n) is 6.01. The normalized spacial score (nSPS) is 14.7. The number of rotatable bonds is 1. The maximum Gasteiger partial charge on any atom is 0.201 e. The van der Waals surface area contributed by atoms with Crippen LogP contribution in [-0.2, 0) is 4.74 Å². The summed E-state index contributed by atoms with van der Waals surface area (Å²) in [6.07, 6.45) is 0. The average Bonchev–Trinajstić information content (AvgIpc) is 2.59. The fourth-order valence-corrected chi connectivity index (χ4v) is 3.93. The smallest absolute Gasteiger partial charge is 0.201 e. The predicted octanol–water partition coefficient (Wildman–Crippen LogP) is -0.726. The molecule has 1 saturated heterocycles. The van der Waals surface area contributed by atoms with E-state index in [0.717, 1.165) is 37.5 Å². The van der Waals surface area contributed by atoms with Crippen LogP contribution in [0.25, 0.3) is 20.8 Å². The first-order valence-electron chi connectivity index (χ1n) is 7.88. The highest BCUT2D eigenvalue weighted by Crippen LogP contribution is 2.32. The van der Waals surface area contributed by atoms with Gasteiger partial charge in [0.25, 0.3) is 0 Å². The second kappa shape index (κ2) is 7.33. The first-order valence-corrected chi connectivity index (χ1v) is 8.70. The third-order valence-corrected chi connectivity index (χ3v) is 5.33. The van der Waals surface area contributed by atoms with Crippen LogP contribution in [0.3, 0.4) is 0 Å². The van der Waals surface area contributed by atoms with Crippen LogP contribution in [0.4, 0.5) is 5.69 Å². The van der Waals surface area contributed by atoms with Crippen LogP contribution in [0.15, 0.2) is 36.4 Å². The lowest BCUT2D eigenvalue weighted by Gasteiger charge is -2.29. The van der Waals surface area contributed by atoms with Crippen LogP contribution in [0, 0.1) is 0 Å². The van der Waals surface area contributed by atoms with E-state index in [1.54, 1.807) is 0 Å². The van der Waals surface area contributed by atoms with Gasteiger partial charge in [-0.2, -0.15) is 0 Å². The highest BCUT2D eigenvalue weighted by atomic mass is 127. The minimum atomic E-state index is 0. The standard InChI is InChI=1S/C18H20N3OS.HI/c1-20(2)13-3-5-15-17(11-13)23-18-12-14(4-6-16(18)19-15)21-7-9-22-10-8-21;/h3-6,11-12H,7-10H2,1-2H3;1H/q+1;/p-1. The summed E-state index contributed by atoms with van der Waals surface area (Å²) in [4.78, 5) is 8.42. The van der Waals surface area contributed by atoms with E-state index in [0.29, 0.717) is 0 Å². The van der Waals surface area contributed by atoms with Crippen LogP contribution in [0.2, 0.25) is 0 Å². The van der Waals surface area contributed by atoms with E-state index < -0.39 is 0 Å². The topological polar surface area (TPSA) is 28.4 Å². The van der Waals surface area contributed by atoms with E-state index in [4.69, 9.17) is 9.72 Å². The molecule has 0 atom stereocenters. The van der Waals surface area contributed by atoms with Crippen LogP contribution >= 0.6 is 11.3 Å².